The van der Waals surface area contributed by atoms with Gasteiger partial charge in [-0.3, -0.25) is 0 Å². The van der Waals surface area contributed by atoms with Crippen molar-refractivity contribution >= 4 is 0 Å². The molecule has 0 aromatic carbocycles. The second-order valence-electron chi connectivity index (χ2n) is 3.59. The SMILES string of the molecule is CC1C(O)C(O)CC(CO)C1O.[Ac].[Ac].[Ac].[Ac]. The van der Waals surface area contributed by atoms with Crippen molar-refractivity contribution in [3.8, 4) is 0 Å². The second-order valence-corrected chi connectivity index (χ2v) is 3.59. The number of rotatable bonds is 1. The van der Waals surface area contributed by atoms with E-state index in [2.05, 4.69) is 0 Å². The summed E-state index contributed by atoms with van der Waals surface area (Å²) in [6, 6.07) is 0. The van der Waals surface area contributed by atoms with Crippen LogP contribution >= 0.6 is 0 Å². The van der Waals surface area contributed by atoms with Gasteiger partial charge in [-0.25, -0.2) is 0 Å². The molecule has 0 aromatic rings. The van der Waals surface area contributed by atoms with Crippen molar-refractivity contribution in [1.29, 1.82) is 0 Å². The van der Waals surface area contributed by atoms with Gasteiger partial charge in [-0.15, -0.1) is 0 Å². The minimum Gasteiger partial charge on any atom is -0.396 e. The van der Waals surface area contributed by atoms with Gasteiger partial charge >= 0.3 is 0 Å². The van der Waals surface area contributed by atoms with E-state index in [0.29, 0.717) is 0 Å². The molecular weight excluding hydrogens is 1070 g/mol. The van der Waals surface area contributed by atoms with Crippen molar-refractivity contribution in [2.45, 2.75) is 31.7 Å². The zero-order valence-electron chi connectivity index (χ0n) is 9.40. The van der Waals surface area contributed by atoms with Crippen molar-refractivity contribution in [2.24, 2.45) is 11.8 Å². The molecule has 84 valence electrons. The molecular formula is C8H16Ac4O4. The minimum absolute atomic E-state index is 0. The van der Waals surface area contributed by atoms with Crippen molar-refractivity contribution in [1.82, 2.24) is 0 Å². The standard InChI is InChI=1S/C8H16O4.4Ac/c1-4-7(11)5(3-9)2-6(10)8(4)12;;;;/h4-12H,2-3H2,1H3;;;;. The predicted octanol–water partition coefficient (Wildman–Crippen LogP) is -1.28. The molecule has 0 saturated heterocycles. The average molecular weight is 1080 g/mol. The van der Waals surface area contributed by atoms with E-state index in [1.165, 1.54) is 0 Å². The first-order chi connectivity index (χ1) is 5.57. The Morgan fingerprint density at radius 2 is 1.38 bits per heavy atom. The Morgan fingerprint density at radius 1 is 0.938 bits per heavy atom. The Kier molecular flexibility index (Phi) is 28.7. The summed E-state index contributed by atoms with van der Waals surface area (Å²) in [4.78, 5) is 0. The van der Waals surface area contributed by atoms with Gasteiger partial charge in [0.15, 0.2) is 0 Å². The summed E-state index contributed by atoms with van der Waals surface area (Å²) in [6.45, 7) is 1.52. The van der Waals surface area contributed by atoms with Crippen LogP contribution in [0.25, 0.3) is 0 Å². The second kappa shape index (κ2) is 15.5. The smallest absolute Gasteiger partial charge is 0.0849 e. The van der Waals surface area contributed by atoms with Gasteiger partial charge in [-0.05, 0) is 6.42 Å². The van der Waals surface area contributed by atoms with Crippen molar-refractivity contribution in [2.75, 3.05) is 6.61 Å². The fraction of sp³-hybridized carbons (Fsp3) is 1.00. The molecule has 1 rings (SSSR count). The maximum atomic E-state index is 9.49. The van der Waals surface area contributed by atoms with E-state index in [1.54, 1.807) is 6.92 Å². The summed E-state index contributed by atoms with van der Waals surface area (Å²) in [5, 5.41) is 37.0. The zero-order valence-corrected chi connectivity index (χ0v) is 28.4. The summed E-state index contributed by atoms with van der Waals surface area (Å²) in [5.41, 5.74) is 0. The molecule has 5 unspecified atom stereocenters. The summed E-state index contributed by atoms with van der Waals surface area (Å²) in [6.07, 6.45) is -2.14. The van der Waals surface area contributed by atoms with Crippen LogP contribution in [0.2, 0.25) is 0 Å². The van der Waals surface area contributed by atoms with Crippen LogP contribution in [-0.4, -0.2) is 45.3 Å². The predicted molar refractivity (Wildman–Crippen MR) is 42.4 cm³/mol. The molecule has 1 aliphatic carbocycles. The fourth-order valence-electron chi connectivity index (χ4n) is 1.75. The average Bonchev–Trinajstić information content (AvgIpc) is 2.08. The van der Waals surface area contributed by atoms with E-state index in [4.69, 9.17) is 5.11 Å². The molecule has 8 heteroatoms. The fourth-order valence-corrected chi connectivity index (χ4v) is 1.75. The van der Waals surface area contributed by atoms with Crippen LogP contribution in [0.5, 0.6) is 0 Å². The third kappa shape index (κ3) is 8.91. The Labute approximate surface area is 240 Å². The quantitative estimate of drug-likeness (QED) is 0.264. The van der Waals surface area contributed by atoms with E-state index in [-0.39, 0.29) is 201 Å². The Hall–Kier alpha value is 5.61. The summed E-state index contributed by atoms with van der Waals surface area (Å²) in [7, 11) is 0. The van der Waals surface area contributed by atoms with Gasteiger partial charge in [0.05, 0.1) is 18.3 Å². The molecule has 5 atom stereocenters. The molecule has 4 N–H and O–H groups in total. The van der Waals surface area contributed by atoms with Crippen molar-refractivity contribution in [3.63, 3.8) is 0 Å². The Bertz CT molecular complexity index is 158. The van der Waals surface area contributed by atoms with Gasteiger partial charge in [-0.1, -0.05) is 6.92 Å². The maximum Gasteiger partial charge on any atom is 0.0849 e. The third-order valence-corrected chi connectivity index (χ3v) is 2.73. The van der Waals surface area contributed by atoms with Gasteiger partial charge in [0.25, 0.3) is 0 Å². The van der Waals surface area contributed by atoms with Crippen LogP contribution in [0.3, 0.4) is 0 Å². The number of hydrogen-bond donors (Lipinski definition) is 4. The third-order valence-electron chi connectivity index (χ3n) is 2.73. The first kappa shape index (κ1) is 29.6. The summed E-state index contributed by atoms with van der Waals surface area (Å²) in [5.74, 6) is -0.677. The van der Waals surface area contributed by atoms with Gasteiger partial charge in [0.2, 0.25) is 0 Å². The minimum atomic E-state index is -0.872. The van der Waals surface area contributed by atoms with Gasteiger partial charge in [0.1, 0.15) is 0 Å². The number of aliphatic hydroxyl groups excluding tert-OH is 4. The van der Waals surface area contributed by atoms with Crippen molar-refractivity contribution < 1.29 is 197 Å². The van der Waals surface area contributed by atoms with Crippen LogP contribution in [0.4, 0.5) is 0 Å². The molecule has 0 spiro atoms. The molecule has 0 heterocycles. The van der Waals surface area contributed by atoms with E-state index in [1.807, 2.05) is 0 Å². The summed E-state index contributed by atoms with van der Waals surface area (Å²) >= 11 is 0. The molecule has 1 aliphatic rings. The topological polar surface area (TPSA) is 80.9 Å². The first-order valence-corrected chi connectivity index (χ1v) is 4.23. The molecule has 0 amide bonds. The van der Waals surface area contributed by atoms with Crippen molar-refractivity contribution in [3.05, 3.63) is 0 Å². The number of aliphatic hydroxyl groups is 4. The summed E-state index contributed by atoms with van der Waals surface area (Å²) < 4.78 is 0. The van der Waals surface area contributed by atoms with E-state index < -0.39 is 18.3 Å². The first-order valence-electron chi connectivity index (χ1n) is 4.23. The molecule has 4 nitrogen and oxygen atoms in total. The normalized spacial score (nSPS) is 36.9. The zero-order chi connectivity index (χ0) is 9.30. The Balaban J connectivity index is -0.000000180. The van der Waals surface area contributed by atoms with Gasteiger partial charge in [-0.2, -0.15) is 0 Å². The van der Waals surface area contributed by atoms with Gasteiger partial charge < -0.3 is 20.4 Å². The molecule has 0 aliphatic heterocycles. The largest absolute Gasteiger partial charge is 0.396 e. The Morgan fingerprint density at radius 3 is 1.75 bits per heavy atom. The van der Waals surface area contributed by atoms with Crippen LogP contribution in [0, 0.1) is 188 Å². The molecule has 0 aromatic heterocycles. The monoisotopic (exact) mass is 1080 g/mol. The van der Waals surface area contributed by atoms with Crippen LogP contribution in [0.1, 0.15) is 13.3 Å². The molecule has 1 fully saturated rings. The molecule has 1 saturated carbocycles. The maximum absolute atomic E-state index is 9.49. The van der Waals surface area contributed by atoms with E-state index >= 15 is 0 Å². The van der Waals surface area contributed by atoms with Crippen LogP contribution in [-0.2, 0) is 0 Å². The molecule has 0 bridgehead atoms. The molecule has 16 heavy (non-hydrogen) atoms. The molecule has 4 radical (unpaired) electrons. The van der Waals surface area contributed by atoms with Crippen LogP contribution < -0.4 is 0 Å². The van der Waals surface area contributed by atoms with Crippen LogP contribution in [0.15, 0.2) is 0 Å². The van der Waals surface area contributed by atoms with E-state index in [0.717, 1.165) is 0 Å². The number of hydrogen-bond acceptors (Lipinski definition) is 4. The van der Waals surface area contributed by atoms with E-state index in [9.17, 15) is 15.3 Å². The van der Waals surface area contributed by atoms with Gasteiger partial charge in [0, 0.05) is 195 Å².